The molecule has 0 saturated heterocycles. The van der Waals surface area contributed by atoms with Crippen molar-refractivity contribution in [3.63, 3.8) is 0 Å². The van der Waals surface area contributed by atoms with E-state index in [1.807, 2.05) is 30.3 Å². The molecule has 0 aliphatic rings. The lowest BCUT2D eigenvalue weighted by Crippen LogP contribution is -1.89. The summed E-state index contributed by atoms with van der Waals surface area (Å²) in [5.74, 6) is 1.38. The van der Waals surface area contributed by atoms with Crippen LogP contribution in [-0.2, 0) is 5.75 Å². The van der Waals surface area contributed by atoms with Crippen LogP contribution in [0.25, 0.3) is 0 Å². The van der Waals surface area contributed by atoms with Crippen LogP contribution in [0.4, 0.5) is 16.5 Å². The predicted molar refractivity (Wildman–Crippen MR) is 98.8 cm³/mol. The number of nitrogens with one attached hydrogen (secondary N) is 1. The SMILES string of the molecule is COc1ccc(Nc2nnc(SCc3cccc([N+](=O)[O-])c3)s2)cc1. The molecule has 0 radical (unpaired) electrons. The Labute approximate surface area is 152 Å². The maximum Gasteiger partial charge on any atom is 0.269 e. The number of aromatic nitrogens is 2. The van der Waals surface area contributed by atoms with Gasteiger partial charge in [0.1, 0.15) is 5.75 Å². The average molecular weight is 374 g/mol. The highest BCUT2D eigenvalue weighted by Crippen LogP contribution is 2.30. The first-order valence-corrected chi connectivity index (χ1v) is 9.05. The number of ether oxygens (including phenoxy) is 1. The highest BCUT2D eigenvalue weighted by molar-refractivity contribution is 8.00. The van der Waals surface area contributed by atoms with Gasteiger partial charge in [0.25, 0.3) is 5.69 Å². The van der Waals surface area contributed by atoms with Gasteiger partial charge in [0.15, 0.2) is 4.34 Å². The zero-order chi connectivity index (χ0) is 17.6. The van der Waals surface area contributed by atoms with Crippen LogP contribution in [0.2, 0.25) is 0 Å². The van der Waals surface area contributed by atoms with Gasteiger partial charge in [-0.25, -0.2) is 0 Å². The first kappa shape index (κ1) is 17.2. The van der Waals surface area contributed by atoms with Gasteiger partial charge in [-0.2, -0.15) is 0 Å². The molecule has 7 nitrogen and oxygen atoms in total. The van der Waals surface area contributed by atoms with Crippen molar-refractivity contribution in [3.8, 4) is 5.75 Å². The molecule has 1 N–H and O–H groups in total. The Bertz CT molecular complexity index is 868. The molecule has 0 spiro atoms. The molecule has 3 rings (SSSR count). The molecule has 2 aromatic carbocycles. The zero-order valence-corrected chi connectivity index (χ0v) is 14.8. The number of nitro benzene ring substituents is 1. The summed E-state index contributed by atoms with van der Waals surface area (Å²) in [6, 6.07) is 14.1. The van der Waals surface area contributed by atoms with E-state index in [-0.39, 0.29) is 5.69 Å². The fourth-order valence-electron chi connectivity index (χ4n) is 2.02. The van der Waals surface area contributed by atoms with Crippen LogP contribution >= 0.6 is 23.1 Å². The monoisotopic (exact) mass is 374 g/mol. The Hall–Kier alpha value is -2.65. The largest absolute Gasteiger partial charge is 0.497 e. The van der Waals surface area contributed by atoms with Crippen LogP contribution in [-0.4, -0.2) is 22.2 Å². The standard InChI is InChI=1S/C16H14N4O3S2/c1-23-14-7-5-12(6-8-14)17-15-18-19-16(25-15)24-10-11-3-2-4-13(9-11)20(21)22/h2-9H,10H2,1H3,(H,17,18). The van der Waals surface area contributed by atoms with Gasteiger partial charge >= 0.3 is 0 Å². The summed E-state index contributed by atoms with van der Waals surface area (Å²) < 4.78 is 5.92. The van der Waals surface area contributed by atoms with E-state index in [2.05, 4.69) is 15.5 Å². The lowest BCUT2D eigenvalue weighted by Gasteiger charge is -2.03. The molecular weight excluding hydrogens is 360 g/mol. The van der Waals surface area contributed by atoms with Gasteiger partial charge in [-0.1, -0.05) is 35.2 Å². The van der Waals surface area contributed by atoms with E-state index in [9.17, 15) is 10.1 Å². The molecule has 0 bridgehead atoms. The first-order chi connectivity index (χ1) is 12.1. The van der Waals surface area contributed by atoms with Crippen molar-refractivity contribution < 1.29 is 9.66 Å². The predicted octanol–water partition coefficient (Wildman–Crippen LogP) is 4.49. The van der Waals surface area contributed by atoms with E-state index in [0.717, 1.165) is 21.3 Å². The molecule has 1 heterocycles. The molecule has 0 fully saturated rings. The molecule has 25 heavy (non-hydrogen) atoms. The number of thioether (sulfide) groups is 1. The molecule has 0 atom stereocenters. The smallest absolute Gasteiger partial charge is 0.269 e. The number of nitro groups is 1. The average Bonchev–Trinajstić information content (AvgIpc) is 3.08. The molecule has 1 aromatic heterocycles. The van der Waals surface area contributed by atoms with Crippen molar-refractivity contribution in [3.05, 3.63) is 64.2 Å². The maximum absolute atomic E-state index is 10.8. The Morgan fingerprint density at radius 3 is 2.76 bits per heavy atom. The summed E-state index contributed by atoms with van der Waals surface area (Å²) in [5.41, 5.74) is 1.86. The topological polar surface area (TPSA) is 90.2 Å². The van der Waals surface area contributed by atoms with E-state index in [1.165, 1.54) is 29.2 Å². The lowest BCUT2D eigenvalue weighted by atomic mass is 10.2. The van der Waals surface area contributed by atoms with Crippen LogP contribution in [0.5, 0.6) is 5.75 Å². The van der Waals surface area contributed by atoms with Crippen LogP contribution < -0.4 is 10.1 Å². The minimum Gasteiger partial charge on any atom is -0.497 e. The Kier molecular flexibility index (Phi) is 5.46. The molecule has 9 heteroatoms. The summed E-state index contributed by atoms with van der Waals surface area (Å²) in [7, 11) is 1.62. The summed E-state index contributed by atoms with van der Waals surface area (Å²) in [6.07, 6.45) is 0. The number of hydrogen-bond donors (Lipinski definition) is 1. The van der Waals surface area contributed by atoms with Crippen molar-refractivity contribution >= 4 is 39.6 Å². The van der Waals surface area contributed by atoms with Gasteiger partial charge in [-0.3, -0.25) is 10.1 Å². The molecular formula is C16H14N4O3S2. The quantitative estimate of drug-likeness (QED) is 0.370. The van der Waals surface area contributed by atoms with Crippen LogP contribution in [0.3, 0.4) is 0 Å². The highest BCUT2D eigenvalue weighted by atomic mass is 32.2. The third kappa shape index (κ3) is 4.68. The molecule has 3 aromatic rings. The summed E-state index contributed by atoms with van der Waals surface area (Å²) in [5, 5.41) is 22.9. The van der Waals surface area contributed by atoms with Gasteiger partial charge in [-0.05, 0) is 29.8 Å². The normalized spacial score (nSPS) is 10.4. The molecule has 0 amide bonds. The van der Waals surface area contributed by atoms with E-state index < -0.39 is 4.92 Å². The van der Waals surface area contributed by atoms with Crippen LogP contribution in [0.15, 0.2) is 52.9 Å². The number of benzene rings is 2. The summed E-state index contributed by atoms with van der Waals surface area (Å²) in [4.78, 5) is 10.4. The van der Waals surface area contributed by atoms with Gasteiger partial charge in [0.2, 0.25) is 5.13 Å². The Balaban J connectivity index is 1.59. The van der Waals surface area contributed by atoms with Gasteiger partial charge in [0.05, 0.1) is 12.0 Å². The Morgan fingerprint density at radius 1 is 1.24 bits per heavy atom. The van der Waals surface area contributed by atoms with Crippen molar-refractivity contribution in [2.24, 2.45) is 0 Å². The number of non-ortho nitro benzene ring substituents is 1. The fourth-order valence-corrected chi connectivity index (χ4v) is 3.74. The Morgan fingerprint density at radius 2 is 2.04 bits per heavy atom. The lowest BCUT2D eigenvalue weighted by molar-refractivity contribution is -0.384. The minimum atomic E-state index is -0.393. The van der Waals surface area contributed by atoms with Crippen molar-refractivity contribution in [1.82, 2.24) is 10.2 Å². The molecule has 128 valence electrons. The van der Waals surface area contributed by atoms with Crippen molar-refractivity contribution in [2.45, 2.75) is 10.1 Å². The van der Waals surface area contributed by atoms with E-state index >= 15 is 0 Å². The number of methoxy groups -OCH3 is 1. The third-order valence-electron chi connectivity index (χ3n) is 3.23. The minimum absolute atomic E-state index is 0.0947. The molecule has 0 unspecified atom stereocenters. The number of anilines is 2. The van der Waals surface area contributed by atoms with Crippen molar-refractivity contribution in [1.29, 1.82) is 0 Å². The summed E-state index contributed by atoms with van der Waals surface area (Å²) >= 11 is 2.93. The molecule has 0 aliphatic carbocycles. The second-order valence-corrected chi connectivity index (χ2v) is 7.14. The number of rotatable bonds is 7. The van der Waals surface area contributed by atoms with Gasteiger partial charge < -0.3 is 10.1 Å². The number of nitrogens with zero attached hydrogens (tertiary/aromatic N) is 3. The molecule has 0 saturated carbocycles. The third-order valence-corrected chi connectivity index (χ3v) is 5.27. The second kappa shape index (κ2) is 7.95. The van der Waals surface area contributed by atoms with Gasteiger partial charge in [0, 0.05) is 23.6 Å². The van der Waals surface area contributed by atoms with Crippen molar-refractivity contribution in [2.75, 3.05) is 12.4 Å². The van der Waals surface area contributed by atoms with Gasteiger partial charge in [-0.15, -0.1) is 10.2 Å². The van der Waals surface area contributed by atoms with Crippen LogP contribution in [0, 0.1) is 10.1 Å². The highest BCUT2D eigenvalue weighted by Gasteiger charge is 2.09. The zero-order valence-electron chi connectivity index (χ0n) is 13.2. The fraction of sp³-hybridized carbons (Fsp3) is 0.125. The second-order valence-electron chi connectivity index (χ2n) is 4.94. The number of hydrogen-bond acceptors (Lipinski definition) is 8. The van der Waals surface area contributed by atoms with E-state index in [1.54, 1.807) is 19.2 Å². The summed E-state index contributed by atoms with van der Waals surface area (Å²) in [6.45, 7) is 0. The van der Waals surface area contributed by atoms with E-state index in [4.69, 9.17) is 4.74 Å². The van der Waals surface area contributed by atoms with Crippen LogP contribution in [0.1, 0.15) is 5.56 Å². The first-order valence-electron chi connectivity index (χ1n) is 7.25. The maximum atomic E-state index is 10.8. The molecule has 0 aliphatic heterocycles. The van der Waals surface area contributed by atoms with E-state index in [0.29, 0.717) is 10.9 Å².